The Morgan fingerprint density at radius 3 is 2.73 bits per heavy atom. The highest BCUT2D eigenvalue weighted by Crippen LogP contribution is 2.36. The summed E-state index contributed by atoms with van der Waals surface area (Å²) in [5, 5.41) is 29.1. The van der Waals surface area contributed by atoms with E-state index in [1.807, 2.05) is 31.2 Å². The molecule has 1 amide bonds. The minimum absolute atomic E-state index is 0.0419. The lowest BCUT2D eigenvalue weighted by molar-refractivity contribution is -0.113. The summed E-state index contributed by atoms with van der Waals surface area (Å²) < 4.78 is 7.05. The Bertz CT molecular complexity index is 1240. The number of nitrogens with one attached hydrogen (secondary N) is 2. The number of nitrogens with zero attached hydrogens (tertiary/aromatic N) is 4. The monoisotopic (exact) mass is 444 g/mol. The van der Waals surface area contributed by atoms with Gasteiger partial charge in [-0.3, -0.25) is 4.79 Å². The van der Waals surface area contributed by atoms with Crippen LogP contribution in [0.5, 0.6) is 5.75 Å². The van der Waals surface area contributed by atoms with Gasteiger partial charge in [0.2, 0.25) is 5.95 Å². The van der Waals surface area contributed by atoms with Gasteiger partial charge in [0, 0.05) is 18.7 Å². The largest absolute Gasteiger partial charge is 0.495 e. The van der Waals surface area contributed by atoms with E-state index in [1.54, 1.807) is 36.1 Å². The van der Waals surface area contributed by atoms with Gasteiger partial charge in [-0.2, -0.15) is 15.3 Å². The van der Waals surface area contributed by atoms with Gasteiger partial charge in [0.25, 0.3) is 5.91 Å². The highest BCUT2D eigenvalue weighted by Gasteiger charge is 2.34. The van der Waals surface area contributed by atoms with Crippen molar-refractivity contribution in [1.29, 1.82) is 5.26 Å². The first kappa shape index (κ1) is 22.0. The number of aryl methyl sites for hydroxylation is 1. The van der Waals surface area contributed by atoms with Gasteiger partial charge in [0.05, 0.1) is 30.0 Å². The highest BCUT2D eigenvalue weighted by atomic mass is 16.5. The molecule has 0 aliphatic carbocycles. The fraction of sp³-hybridized carbons (Fsp3) is 0.250. The van der Waals surface area contributed by atoms with E-state index in [1.165, 1.54) is 0 Å². The standard InChI is InChI=1S/C24H24N6O3/c1-15-21(23(32)27-18-6-3-4-7-19(18)33-2)22(17-11-9-16(14-25)10-12-17)30-24(26-15)28-20(29-30)8-5-13-31/h3-4,6-7,9-12,22,31H,5,8,13H2,1-2H3,(H,27,32)(H,26,28,29). The van der Waals surface area contributed by atoms with Crippen LogP contribution in [0.2, 0.25) is 0 Å². The molecule has 33 heavy (non-hydrogen) atoms. The summed E-state index contributed by atoms with van der Waals surface area (Å²) in [7, 11) is 1.55. The van der Waals surface area contributed by atoms with Gasteiger partial charge < -0.3 is 20.5 Å². The predicted molar refractivity (Wildman–Crippen MR) is 123 cm³/mol. The number of aliphatic hydroxyl groups excluding tert-OH is 1. The number of nitriles is 1. The number of para-hydroxylation sites is 2. The first-order chi connectivity index (χ1) is 16.0. The lowest BCUT2D eigenvalue weighted by atomic mass is 9.94. The number of aliphatic hydroxyl groups is 1. The number of rotatable bonds is 7. The van der Waals surface area contributed by atoms with E-state index in [-0.39, 0.29) is 12.5 Å². The third-order valence-electron chi connectivity index (χ3n) is 5.41. The van der Waals surface area contributed by atoms with Crippen molar-refractivity contribution in [3.63, 3.8) is 0 Å². The maximum Gasteiger partial charge on any atom is 0.255 e. The molecule has 9 nitrogen and oxygen atoms in total. The van der Waals surface area contributed by atoms with E-state index in [2.05, 4.69) is 26.8 Å². The second kappa shape index (κ2) is 9.54. The van der Waals surface area contributed by atoms with Crippen LogP contribution in [0.15, 0.2) is 59.8 Å². The predicted octanol–water partition coefficient (Wildman–Crippen LogP) is 3.01. The summed E-state index contributed by atoms with van der Waals surface area (Å²) in [5.41, 5.74) is 2.98. The normalized spacial score (nSPS) is 14.8. The summed E-state index contributed by atoms with van der Waals surface area (Å²) in [6.45, 7) is 1.86. The molecular weight excluding hydrogens is 420 g/mol. The van der Waals surface area contributed by atoms with Gasteiger partial charge in [-0.25, -0.2) is 4.68 Å². The molecule has 0 radical (unpaired) electrons. The number of ether oxygens (including phenoxy) is 1. The molecule has 1 atom stereocenters. The van der Waals surface area contributed by atoms with Crippen molar-refractivity contribution in [2.75, 3.05) is 24.4 Å². The number of hydrogen-bond donors (Lipinski definition) is 3. The number of carbonyl (C=O) groups excluding carboxylic acids is 1. The zero-order valence-electron chi connectivity index (χ0n) is 18.4. The molecule has 9 heteroatoms. The lowest BCUT2D eigenvalue weighted by Crippen LogP contribution is -2.31. The number of aromatic nitrogens is 3. The number of anilines is 2. The topological polar surface area (TPSA) is 125 Å². The van der Waals surface area contributed by atoms with Gasteiger partial charge in [-0.15, -0.1) is 0 Å². The quantitative estimate of drug-likeness (QED) is 0.511. The van der Waals surface area contributed by atoms with E-state index in [0.717, 1.165) is 5.56 Å². The van der Waals surface area contributed by atoms with E-state index < -0.39 is 6.04 Å². The number of fused-ring (bicyclic) bond motifs is 1. The molecule has 1 unspecified atom stereocenters. The zero-order chi connectivity index (χ0) is 23.4. The second-order valence-electron chi connectivity index (χ2n) is 7.58. The third kappa shape index (κ3) is 4.42. The molecule has 3 aromatic rings. The number of amides is 1. The van der Waals surface area contributed by atoms with Crippen LogP contribution < -0.4 is 15.4 Å². The summed E-state index contributed by atoms with van der Waals surface area (Å²) in [5.74, 6) is 1.33. The zero-order valence-corrected chi connectivity index (χ0v) is 18.4. The highest BCUT2D eigenvalue weighted by molar-refractivity contribution is 6.06. The van der Waals surface area contributed by atoms with Crippen LogP contribution in [0.25, 0.3) is 0 Å². The molecule has 0 spiro atoms. The molecule has 3 N–H and O–H groups in total. The first-order valence-electron chi connectivity index (χ1n) is 10.5. The van der Waals surface area contributed by atoms with E-state index >= 15 is 0 Å². The van der Waals surface area contributed by atoms with Crippen molar-refractivity contribution < 1.29 is 14.6 Å². The first-order valence-corrected chi connectivity index (χ1v) is 10.5. The smallest absolute Gasteiger partial charge is 0.255 e. The maximum atomic E-state index is 13.5. The maximum absolute atomic E-state index is 13.5. The molecule has 2 heterocycles. The van der Waals surface area contributed by atoms with Crippen LogP contribution in [0.4, 0.5) is 11.6 Å². The Balaban J connectivity index is 1.77. The summed E-state index contributed by atoms with van der Waals surface area (Å²) in [6, 6.07) is 15.8. The van der Waals surface area contributed by atoms with Crippen LogP contribution in [0, 0.1) is 11.3 Å². The van der Waals surface area contributed by atoms with Crippen LogP contribution in [-0.4, -0.2) is 39.5 Å². The molecule has 0 fully saturated rings. The Morgan fingerprint density at radius 2 is 2.03 bits per heavy atom. The molecule has 0 saturated heterocycles. The molecular formula is C24H24N6O3. The van der Waals surface area contributed by atoms with Crippen LogP contribution in [0.1, 0.15) is 36.3 Å². The minimum Gasteiger partial charge on any atom is -0.495 e. The van der Waals surface area contributed by atoms with E-state index in [4.69, 9.17) is 4.74 Å². The van der Waals surface area contributed by atoms with Gasteiger partial charge >= 0.3 is 0 Å². The summed E-state index contributed by atoms with van der Waals surface area (Å²) in [4.78, 5) is 18.1. The van der Waals surface area contributed by atoms with Crippen LogP contribution in [-0.2, 0) is 11.2 Å². The van der Waals surface area contributed by atoms with Crippen LogP contribution >= 0.6 is 0 Å². The number of methoxy groups -OCH3 is 1. The number of hydrogen-bond acceptors (Lipinski definition) is 7. The molecule has 168 valence electrons. The second-order valence-corrected chi connectivity index (χ2v) is 7.58. The van der Waals surface area contributed by atoms with Gasteiger partial charge in [0.15, 0.2) is 5.82 Å². The average molecular weight is 444 g/mol. The Morgan fingerprint density at radius 1 is 1.27 bits per heavy atom. The number of allylic oxidation sites excluding steroid dienone is 1. The van der Waals surface area contributed by atoms with Crippen LogP contribution in [0.3, 0.4) is 0 Å². The fourth-order valence-corrected chi connectivity index (χ4v) is 3.82. The molecule has 1 aliphatic heterocycles. The molecule has 4 rings (SSSR count). The summed E-state index contributed by atoms with van der Waals surface area (Å²) in [6.07, 6.45) is 1.05. The molecule has 1 aromatic heterocycles. The van der Waals surface area contributed by atoms with Gasteiger partial charge in [-0.1, -0.05) is 24.3 Å². The minimum atomic E-state index is -0.556. The van der Waals surface area contributed by atoms with E-state index in [0.29, 0.717) is 52.9 Å². The van der Waals surface area contributed by atoms with Gasteiger partial charge in [-0.05, 0) is 43.2 Å². The average Bonchev–Trinajstić information content (AvgIpc) is 3.24. The summed E-state index contributed by atoms with van der Waals surface area (Å²) >= 11 is 0. The van der Waals surface area contributed by atoms with Crippen molar-refractivity contribution in [3.05, 3.63) is 76.8 Å². The Labute approximate surface area is 191 Å². The van der Waals surface area contributed by atoms with Gasteiger partial charge in [0.1, 0.15) is 11.8 Å². The Hall–Kier alpha value is -4.16. The lowest BCUT2D eigenvalue weighted by Gasteiger charge is -2.29. The van der Waals surface area contributed by atoms with E-state index in [9.17, 15) is 15.2 Å². The molecule has 2 aromatic carbocycles. The number of carbonyl (C=O) groups is 1. The fourth-order valence-electron chi connectivity index (χ4n) is 3.82. The third-order valence-corrected chi connectivity index (χ3v) is 5.41. The van der Waals surface area contributed by atoms with Crippen molar-refractivity contribution in [1.82, 2.24) is 14.8 Å². The SMILES string of the molecule is COc1ccccc1NC(=O)C1=C(C)Nc2nc(CCCO)nn2C1c1ccc(C#N)cc1. The van der Waals surface area contributed by atoms with Crippen molar-refractivity contribution in [2.45, 2.75) is 25.8 Å². The van der Waals surface area contributed by atoms with Crippen molar-refractivity contribution >= 4 is 17.5 Å². The number of benzene rings is 2. The van der Waals surface area contributed by atoms with Crippen molar-refractivity contribution in [2.24, 2.45) is 0 Å². The molecule has 1 aliphatic rings. The van der Waals surface area contributed by atoms with Crippen molar-refractivity contribution in [3.8, 4) is 11.8 Å². The molecule has 0 saturated carbocycles. The molecule has 0 bridgehead atoms. The Kier molecular flexibility index (Phi) is 6.38.